The lowest BCUT2D eigenvalue weighted by molar-refractivity contribution is -0.138. The van der Waals surface area contributed by atoms with Gasteiger partial charge in [0.15, 0.2) is 0 Å². The molecule has 3 rings (SSSR count). The second-order valence-electron chi connectivity index (χ2n) is 7.34. The van der Waals surface area contributed by atoms with Gasteiger partial charge in [0.05, 0.1) is 41.2 Å². The molecule has 32 heavy (non-hydrogen) atoms. The van der Waals surface area contributed by atoms with Crippen LogP contribution in [0.25, 0.3) is 5.57 Å². The first-order valence-electron chi connectivity index (χ1n) is 9.72. The average molecular weight is 494 g/mol. The lowest BCUT2D eigenvalue weighted by Gasteiger charge is -2.45. The topological polar surface area (TPSA) is 82.1 Å². The molecule has 1 aromatic carbocycles. The van der Waals surface area contributed by atoms with E-state index in [1.807, 2.05) is 32.9 Å². The number of fused-ring (bicyclic) bond motifs is 1. The third-order valence-corrected chi connectivity index (χ3v) is 8.25. The number of esters is 2. The molecule has 0 saturated heterocycles. The van der Waals surface area contributed by atoms with Gasteiger partial charge in [-0.05, 0) is 26.8 Å². The highest BCUT2D eigenvalue weighted by Gasteiger charge is 2.46. The molecular formula is C22H23NO6S3. The molecule has 1 aromatic rings. The van der Waals surface area contributed by atoms with Crippen molar-refractivity contribution in [3.63, 3.8) is 0 Å². The standard InChI is InChI=1S/C22H23NO6S3/c1-7-29-13-10-8-9-12-14(18(30)22(3,4)23(11(2)24)15(12)13)21-31-16(19(25)27-5)17(32-21)20(26)28-6/h8-10H,7H2,1-6H3. The first-order valence-corrected chi connectivity index (χ1v) is 11.8. The molecule has 170 valence electrons. The molecule has 0 aliphatic carbocycles. The smallest absolute Gasteiger partial charge is 0.346 e. The molecule has 0 unspecified atom stereocenters. The largest absolute Gasteiger partial charge is 0.492 e. The van der Waals surface area contributed by atoms with Gasteiger partial charge in [0, 0.05) is 18.1 Å². The normalized spacial score (nSPS) is 17.3. The van der Waals surface area contributed by atoms with Crippen molar-refractivity contribution >= 4 is 69.7 Å². The van der Waals surface area contributed by atoms with E-state index in [4.69, 9.17) is 26.4 Å². The molecule has 2 aliphatic heterocycles. The average Bonchev–Trinajstić information content (AvgIpc) is 3.18. The number of carbonyl (C=O) groups is 3. The maximum atomic E-state index is 12.7. The number of rotatable bonds is 4. The zero-order chi connectivity index (χ0) is 23.8. The van der Waals surface area contributed by atoms with Crippen LogP contribution in [0.2, 0.25) is 0 Å². The van der Waals surface area contributed by atoms with E-state index in [9.17, 15) is 14.4 Å². The van der Waals surface area contributed by atoms with Crippen molar-refractivity contribution in [3.05, 3.63) is 37.8 Å². The van der Waals surface area contributed by atoms with Gasteiger partial charge in [-0.2, -0.15) is 0 Å². The van der Waals surface area contributed by atoms with Gasteiger partial charge < -0.3 is 14.2 Å². The Morgan fingerprint density at radius 3 is 2.09 bits per heavy atom. The van der Waals surface area contributed by atoms with E-state index in [2.05, 4.69) is 0 Å². The van der Waals surface area contributed by atoms with Gasteiger partial charge in [-0.25, -0.2) is 9.59 Å². The first kappa shape index (κ1) is 24.3. The maximum Gasteiger partial charge on any atom is 0.346 e. The number of nitrogens with zero attached hydrogens (tertiary/aromatic N) is 1. The van der Waals surface area contributed by atoms with Gasteiger partial charge in [0.1, 0.15) is 15.6 Å². The van der Waals surface area contributed by atoms with Crippen LogP contribution in [0, 0.1) is 0 Å². The second-order valence-corrected chi connectivity index (χ2v) is 10.0. The van der Waals surface area contributed by atoms with Crippen LogP contribution >= 0.6 is 35.7 Å². The SMILES string of the molecule is CCOc1cccc2c1N(C(C)=O)C(C)(C)C(=S)C2=C1SC(C(=O)OC)=C(C(=O)OC)S1. The summed E-state index contributed by atoms with van der Waals surface area (Å²) in [6.07, 6.45) is 0. The molecule has 0 N–H and O–H groups in total. The highest BCUT2D eigenvalue weighted by molar-refractivity contribution is 8.29. The molecule has 10 heteroatoms. The molecule has 0 atom stereocenters. The Hall–Kier alpha value is -2.30. The van der Waals surface area contributed by atoms with Crippen molar-refractivity contribution < 1.29 is 28.6 Å². The fraction of sp³-hybridized carbons (Fsp3) is 0.364. The predicted molar refractivity (Wildman–Crippen MR) is 131 cm³/mol. The molecular weight excluding hydrogens is 470 g/mol. The number of hydrogen-bond acceptors (Lipinski definition) is 9. The molecule has 2 heterocycles. The predicted octanol–water partition coefficient (Wildman–Crippen LogP) is 4.31. The van der Waals surface area contributed by atoms with Crippen LogP contribution in [-0.4, -0.2) is 49.1 Å². The van der Waals surface area contributed by atoms with E-state index in [-0.39, 0.29) is 15.7 Å². The highest BCUT2D eigenvalue weighted by atomic mass is 32.2. The van der Waals surface area contributed by atoms with Crippen LogP contribution < -0.4 is 9.64 Å². The monoisotopic (exact) mass is 493 g/mol. The number of methoxy groups -OCH3 is 2. The Bertz CT molecular complexity index is 1060. The molecule has 7 nitrogen and oxygen atoms in total. The molecule has 0 bridgehead atoms. The lowest BCUT2D eigenvalue weighted by Crippen LogP contribution is -2.55. The molecule has 0 spiro atoms. The minimum Gasteiger partial charge on any atom is -0.492 e. The summed E-state index contributed by atoms with van der Waals surface area (Å²) in [5.74, 6) is -0.886. The second kappa shape index (κ2) is 9.29. The number of anilines is 1. The Morgan fingerprint density at radius 2 is 1.62 bits per heavy atom. The van der Waals surface area contributed by atoms with E-state index < -0.39 is 17.5 Å². The minimum atomic E-state index is -0.857. The fourth-order valence-corrected chi connectivity index (χ4v) is 6.68. The van der Waals surface area contributed by atoms with E-state index in [0.717, 1.165) is 23.5 Å². The van der Waals surface area contributed by atoms with Crippen molar-refractivity contribution in [1.82, 2.24) is 0 Å². The molecule has 2 aliphatic rings. The summed E-state index contributed by atoms with van der Waals surface area (Å²) >= 11 is 8.10. The number of hydrogen-bond donors (Lipinski definition) is 0. The summed E-state index contributed by atoms with van der Waals surface area (Å²) in [5.41, 5.74) is 1.12. The minimum absolute atomic E-state index is 0.143. The van der Waals surface area contributed by atoms with Gasteiger partial charge >= 0.3 is 11.9 Å². The molecule has 0 fully saturated rings. The van der Waals surface area contributed by atoms with Crippen LogP contribution in [-0.2, 0) is 23.9 Å². The Morgan fingerprint density at radius 1 is 1.06 bits per heavy atom. The number of amides is 1. The third kappa shape index (κ3) is 3.95. The number of carbonyl (C=O) groups excluding carboxylic acids is 3. The molecule has 0 radical (unpaired) electrons. The summed E-state index contributed by atoms with van der Waals surface area (Å²) in [6, 6.07) is 5.48. The van der Waals surface area contributed by atoms with Crippen molar-refractivity contribution in [2.24, 2.45) is 0 Å². The van der Waals surface area contributed by atoms with Gasteiger partial charge in [0.25, 0.3) is 0 Å². The zero-order valence-corrected chi connectivity index (χ0v) is 21.0. The number of thiocarbonyl (C=S) groups is 1. The summed E-state index contributed by atoms with van der Waals surface area (Å²) in [4.78, 5) is 39.9. The van der Waals surface area contributed by atoms with Crippen LogP contribution in [0.1, 0.15) is 33.3 Å². The van der Waals surface area contributed by atoms with E-state index in [1.165, 1.54) is 21.1 Å². The molecule has 0 saturated carbocycles. The first-order chi connectivity index (χ1) is 15.1. The lowest BCUT2D eigenvalue weighted by atomic mass is 9.83. The summed E-state index contributed by atoms with van der Waals surface area (Å²) in [5, 5.41) is 0. The van der Waals surface area contributed by atoms with Crippen LogP contribution in [0.5, 0.6) is 5.75 Å². The van der Waals surface area contributed by atoms with E-state index >= 15 is 0 Å². The molecule has 1 amide bonds. The van der Waals surface area contributed by atoms with Gasteiger partial charge in [-0.3, -0.25) is 9.69 Å². The van der Waals surface area contributed by atoms with Crippen molar-refractivity contribution in [2.45, 2.75) is 33.2 Å². The van der Waals surface area contributed by atoms with Crippen molar-refractivity contribution in [3.8, 4) is 5.75 Å². The van der Waals surface area contributed by atoms with E-state index in [0.29, 0.717) is 38.3 Å². The van der Waals surface area contributed by atoms with E-state index in [1.54, 1.807) is 11.0 Å². The molecule has 0 aromatic heterocycles. The van der Waals surface area contributed by atoms with Gasteiger partial charge in [-0.15, -0.1) is 0 Å². The number of thioether (sulfide) groups is 2. The quantitative estimate of drug-likeness (QED) is 0.346. The zero-order valence-electron chi connectivity index (χ0n) is 18.6. The van der Waals surface area contributed by atoms with Crippen LogP contribution in [0.15, 0.2) is 32.2 Å². The Labute approximate surface area is 200 Å². The number of benzene rings is 1. The number of para-hydroxylation sites is 1. The third-order valence-electron chi connectivity index (χ3n) is 4.99. The van der Waals surface area contributed by atoms with Gasteiger partial charge in [0.2, 0.25) is 5.91 Å². The highest BCUT2D eigenvalue weighted by Crippen LogP contribution is 2.57. The van der Waals surface area contributed by atoms with Crippen molar-refractivity contribution in [1.29, 1.82) is 0 Å². The number of ether oxygens (including phenoxy) is 3. The summed E-state index contributed by atoms with van der Waals surface area (Å²) < 4.78 is 16.2. The van der Waals surface area contributed by atoms with Crippen LogP contribution in [0.4, 0.5) is 5.69 Å². The Kier molecular flexibility index (Phi) is 7.06. The van der Waals surface area contributed by atoms with Gasteiger partial charge in [-0.1, -0.05) is 47.9 Å². The Balaban J connectivity index is 2.30. The fourth-order valence-electron chi connectivity index (χ4n) is 3.64. The maximum absolute atomic E-state index is 12.7. The van der Waals surface area contributed by atoms with Crippen molar-refractivity contribution in [2.75, 3.05) is 25.7 Å². The summed E-state index contributed by atoms with van der Waals surface area (Å²) in [7, 11) is 2.51. The summed E-state index contributed by atoms with van der Waals surface area (Å²) in [6.45, 7) is 7.50. The van der Waals surface area contributed by atoms with Crippen LogP contribution in [0.3, 0.4) is 0 Å².